The summed E-state index contributed by atoms with van der Waals surface area (Å²) in [4.78, 5) is 28.4. The number of rotatable bonds is 5. The van der Waals surface area contributed by atoms with Crippen molar-refractivity contribution in [3.8, 4) is 5.75 Å². The Morgan fingerprint density at radius 3 is 2.75 bits per heavy atom. The zero-order chi connectivity index (χ0) is 17.1. The Labute approximate surface area is 140 Å². The third-order valence-electron chi connectivity index (χ3n) is 4.74. The first-order chi connectivity index (χ1) is 11.6. The van der Waals surface area contributed by atoms with E-state index in [0.717, 1.165) is 35.1 Å². The van der Waals surface area contributed by atoms with Gasteiger partial charge in [-0.05, 0) is 36.5 Å². The van der Waals surface area contributed by atoms with Crippen molar-refractivity contribution in [2.24, 2.45) is 5.92 Å². The summed E-state index contributed by atoms with van der Waals surface area (Å²) in [5.41, 5.74) is 1.89. The number of carboxylic acids is 1. The molecule has 1 aliphatic rings. The van der Waals surface area contributed by atoms with Crippen molar-refractivity contribution in [2.75, 3.05) is 20.2 Å². The average molecular weight is 330 g/mol. The molecule has 1 aliphatic heterocycles. The van der Waals surface area contributed by atoms with Crippen molar-refractivity contribution in [1.82, 2.24) is 9.88 Å². The number of fused-ring (bicyclic) bond motifs is 1. The van der Waals surface area contributed by atoms with Crippen molar-refractivity contribution < 1.29 is 19.4 Å². The smallest absolute Gasteiger partial charge is 0.303 e. The van der Waals surface area contributed by atoms with Crippen LogP contribution in [0.4, 0.5) is 0 Å². The van der Waals surface area contributed by atoms with Crippen LogP contribution in [-0.2, 0) is 16.0 Å². The molecule has 1 aromatic carbocycles. The number of hydrogen-bond donors (Lipinski definition) is 2. The van der Waals surface area contributed by atoms with Crippen molar-refractivity contribution in [2.45, 2.75) is 25.7 Å². The molecule has 2 heterocycles. The minimum atomic E-state index is -0.759. The Hall–Kier alpha value is -2.50. The second kappa shape index (κ2) is 6.95. The second-order valence-electron chi connectivity index (χ2n) is 6.30. The molecule has 0 bridgehead atoms. The van der Waals surface area contributed by atoms with Crippen LogP contribution in [-0.4, -0.2) is 47.1 Å². The predicted molar refractivity (Wildman–Crippen MR) is 90.1 cm³/mol. The summed E-state index contributed by atoms with van der Waals surface area (Å²) in [6.45, 7) is 1.27. The van der Waals surface area contributed by atoms with Crippen LogP contribution in [0.3, 0.4) is 0 Å². The molecule has 128 valence electrons. The van der Waals surface area contributed by atoms with Gasteiger partial charge in [0.15, 0.2) is 0 Å². The highest BCUT2D eigenvalue weighted by Crippen LogP contribution is 2.29. The number of nitrogens with zero attached hydrogens (tertiary/aromatic N) is 1. The third kappa shape index (κ3) is 3.37. The van der Waals surface area contributed by atoms with Crippen LogP contribution < -0.4 is 4.74 Å². The maximum absolute atomic E-state index is 12.6. The molecular formula is C18H22N2O4. The SMILES string of the molecule is COc1cccc2[nH]cc(CC(=O)N3CCC(CC(=O)O)CC3)c12. The van der Waals surface area contributed by atoms with Crippen LogP contribution in [0, 0.1) is 5.92 Å². The van der Waals surface area contributed by atoms with Gasteiger partial charge in [-0.1, -0.05) is 6.07 Å². The van der Waals surface area contributed by atoms with Gasteiger partial charge in [-0.3, -0.25) is 9.59 Å². The number of aromatic nitrogens is 1. The highest BCUT2D eigenvalue weighted by Gasteiger charge is 2.25. The van der Waals surface area contributed by atoms with E-state index in [2.05, 4.69) is 4.98 Å². The first-order valence-electron chi connectivity index (χ1n) is 8.21. The summed E-state index contributed by atoms with van der Waals surface area (Å²) in [7, 11) is 1.63. The van der Waals surface area contributed by atoms with Gasteiger partial charge in [0.1, 0.15) is 5.75 Å². The van der Waals surface area contributed by atoms with Crippen molar-refractivity contribution >= 4 is 22.8 Å². The lowest BCUT2D eigenvalue weighted by Crippen LogP contribution is -2.39. The third-order valence-corrected chi connectivity index (χ3v) is 4.74. The van der Waals surface area contributed by atoms with E-state index >= 15 is 0 Å². The maximum atomic E-state index is 12.6. The summed E-state index contributed by atoms with van der Waals surface area (Å²) in [6.07, 6.45) is 3.90. The van der Waals surface area contributed by atoms with E-state index in [0.29, 0.717) is 19.5 Å². The van der Waals surface area contributed by atoms with E-state index in [1.54, 1.807) is 7.11 Å². The number of nitrogens with one attached hydrogen (secondary N) is 1. The Bertz CT molecular complexity index is 745. The number of aliphatic carboxylic acids is 1. The lowest BCUT2D eigenvalue weighted by molar-refractivity contribution is -0.138. The monoisotopic (exact) mass is 330 g/mol. The van der Waals surface area contributed by atoms with E-state index in [9.17, 15) is 9.59 Å². The van der Waals surface area contributed by atoms with Crippen LogP contribution in [0.1, 0.15) is 24.8 Å². The normalized spacial score (nSPS) is 15.6. The molecule has 0 aliphatic carbocycles. The number of carboxylic acid groups (broad SMARTS) is 1. The standard InChI is InChI=1S/C18H22N2O4/c1-24-15-4-2-3-14-18(15)13(11-19-14)10-16(21)20-7-5-12(6-8-20)9-17(22)23/h2-4,11-12,19H,5-10H2,1H3,(H,22,23). The maximum Gasteiger partial charge on any atom is 0.303 e. The molecule has 1 amide bonds. The summed E-state index contributed by atoms with van der Waals surface area (Å²) in [5, 5.41) is 9.82. The minimum absolute atomic E-state index is 0.0792. The highest BCUT2D eigenvalue weighted by molar-refractivity contribution is 5.93. The van der Waals surface area contributed by atoms with Gasteiger partial charge in [-0.2, -0.15) is 0 Å². The second-order valence-corrected chi connectivity index (χ2v) is 6.30. The van der Waals surface area contributed by atoms with Gasteiger partial charge in [-0.25, -0.2) is 0 Å². The molecule has 2 N–H and O–H groups in total. The minimum Gasteiger partial charge on any atom is -0.496 e. The van der Waals surface area contributed by atoms with Crippen molar-refractivity contribution in [3.05, 3.63) is 30.0 Å². The van der Waals surface area contributed by atoms with E-state index in [1.807, 2.05) is 29.3 Å². The van der Waals surface area contributed by atoms with E-state index in [4.69, 9.17) is 9.84 Å². The fourth-order valence-corrected chi connectivity index (χ4v) is 3.44. The predicted octanol–water partition coefficient (Wildman–Crippen LogP) is 2.43. The van der Waals surface area contributed by atoms with E-state index in [1.165, 1.54) is 0 Å². The molecule has 0 atom stereocenters. The fourth-order valence-electron chi connectivity index (χ4n) is 3.44. The zero-order valence-corrected chi connectivity index (χ0v) is 13.7. The van der Waals surface area contributed by atoms with Crippen LogP contribution in [0.2, 0.25) is 0 Å². The lowest BCUT2D eigenvalue weighted by atomic mass is 9.93. The molecule has 0 radical (unpaired) electrons. The number of aromatic amines is 1. The number of piperidine rings is 1. The summed E-state index contributed by atoms with van der Waals surface area (Å²) >= 11 is 0. The van der Waals surface area contributed by atoms with Gasteiger partial charge in [0.2, 0.25) is 5.91 Å². The highest BCUT2D eigenvalue weighted by atomic mass is 16.5. The Balaban J connectivity index is 1.67. The molecule has 0 saturated carbocycles. The number of benzene rings is 1. The van der Waals surface area contributed by atoms with Gasteiger partial charge < -0.3 is 19.7 Å². The molecule has 1 aromatic heterocycles. The Morgan fingerprint density at radius 2 is 2.08 bits per heavy atom. The van der Waals surface area contributed by atoms with Crippen molar-refractivity contribution in [3.63, 3.8) is 0 Å². The van der Waals surface area contributed by atoms with Crippen LogP contribution in [0.25, 0.3) is 10.9 Å². The first-order valence-corrected chi connectivity index (χ1v) is 8.21. The molecule has 0 unspecified atom stereocenters. The fraction of sp³-hybridized carbons (Fsp3) is 0.444. The quantitative estimate of drug-likeness (QED) is 0.882. The topological polar surface area (TPSA) is 82.6 Å². The molecule has 3 rings (SSSR count). The largest absolute Gasteiger partial charge is 0.496 e. The van der Waals surface area contributed by atoms with Gasteiger partial charge in [0, 0.05) is 36.6 Å². The molecule has 0 spiro atoms. The Kier molecular flexibility index (Phi) is 4.74. The van der Waals surface area contributed by atoms with Crippen LogP contribution >= 0.6 is 0 Å². The number of likely N-dealkylation sites (tertiary alicyclic amines) is 1. The molecule has 6 heteroatoms. The van der Waals surface area contributed by atoms with E-state index in [-0.39, 0.29) is 18.2 Å². The first kappa shape index (κ1) is 16.4. The number of ether oxygens (including phenoxy) is 1. The molecule has 6 nitrogen and oxygen atoms in total. The number of hydrogen-bond acceptors (Lipinski definition) is 3. The Morgan fingerprint density at radius 1 is 1.33 bits per heavy atom. The zero-order valence-electron chi connectivity index (χ0n) is 13.7. The van der Waals surface area contributed by atoms with Crippen LogP contribution in [0.5, 0.6) is 5.75 Å². The average Bonchev–Trinajstić information content (AvgIpc) is 2.98. The molecule has 2 aromatic rings. The van der Waals surface area contributed by atoms with Gasteiger partial charge in [0.25, 0.3) is 0 Å². The number of carbonyl (C=O) groups is 2. The molecule has 24 heavy (non-hydrogen) atoms. The number of methoxy groups -OCH3 is 1. The molecule has 1 fully saturated rings. The lowest BCUT2D eigenvalue weighted by Gasteiger charge is -2.31. The van der Waals surface area contributed by atoms with Gasteiger partial charge >= 0.3 is 5.97 Å². The summed E-state index contributed by atoms with van der Waals surface area (Å²) in [5.74, 6) is 0.262. The summed E-state index contributed by atoms with van der Waals surface area (Å²) < 4.78 is 5.40. The number of amides is 1. The van der Waals surface area contributed by atoms with Crippen molar-refractivity contribution in [1.29, 1.82) is 0 Å². The van der Waals surface area contributed by atoms with E-state index < -0.39 is 5.97 Å². The molecule has 1 saturated heterocycles. The number of H-pyrrole nitrogens is 1. The summed E-state index contributed by atoms with van der Waals surface area (Å²) in [6, 6.07) is 5.77. The molecular weight excluding hydrogens is 308 g/mol. The van der Waals surface area contributed by atoms with Crippen LogP contribution in [0.15, 0.2) is 24.4 Å². The van der Waals surface area contributed by atoms with Gasteiger partial charge in [-0.15, -0.1) is 0 Å². The van der Waals surface area contributed by atoms with Gasteiger partial charge in [0.05, 0.1) is 13.5 Å². The number of carbonyl (C=O) groups excluding carboxylic acids is 1.